The maximum Gasteiger partial charge on any atom is 0.268 e. The highest BCUT2D eigenvalue weighted by Crippen LogP contribution is 2.32. The molecule has 3 aromatic heterocycles. The number of nitrogens with zero attached hydrogens (tertiary/aromatic N) is 3. The Kier molecular flexibility index (Phi) is 8.14. The Balaban J connectivity index is 1.26. The minimum atomic E-state index is -0.0790. The van der Waals surface area contributed by atoms with E-state index in [-0.39, 0.29) is 11.9 Å². The zero-order valence-corrected chi connectivity index (χ0v) is 24.8. The molecule has 0 saturated carbocycles. The summed E-state index contributed by atoms with van der Waals surface area (Å²) < 4.78 is 14.4. The van der Waals surface area contributed by atoms with E-state index < -0.39 is 0 Å². The third-order valence-corrected chi connectivity index (χ3v) is 8.89. The van der Waals surface area contributed by atoms with Gasteiger partial charge in [0.15, 0.2) is 5.76 Å². The van der Waals surface area contributed by atoms with Gasteiger partial charge in [0, 0.05) is 42.1 Å². The highest BCUT2D eigenvalue weighted by atomic mass is 35.5. The van der Waals surface area contributed by atoms with Crippen molar-refractivity contribution in [2.75, 3.05) is 13.1 Å². The molecule has 0 unspecified atom stereocenters. The molecule has 9 heteroatoms. The molecule has 0 aliphatic carbocycles. The molecule has 6 rings (SSSR count). The quantitative estimate of drug-likeness (QED) is 0.196. The lowest BCUT2D eigenvalue weighted by atomic mass is 10.0. The molecule has 7 nitrogen and oxygen atoms in total. The Bertz CT molecular complexity index is 1630. The van der Waals surface area contributed by atoms with Crippen LogP contribution < -0.4 is 10.1 Å². The number of carbonyl (C=O) groups excluding carboxylic acids is 1. The summed E-state index contributed by atoms with van der Waals surface area (Å²) in [5.41, 5.74) is 3.35. The third-order valence-electron chi connectivity index (χ3n) is 7.64. The molecular formula is C32H33ClN4O3S. The molecule has 2 aromatic carbocycles. The predicted octanol–water partition coefficient (Wildman–Crippen LogP) is 7.24. The van der Waals surface area contributed by atoms with Gasteiger partial charge in [-0.25, -0.2) is 0 Å². The van der Waals surface area contributed by atoms with Gasteiger partial charge in [-0.05, 0) is 68.7 Å². The SMILES string of the molecule is CC(C)N1CCC(NC(=O)c2cc3cc(OCc4ccccc4)ccc3n2Cc2cc(-c3ccc(Cl)s3)on2)CC1. The first kappa shape index (κ1) is 27.6. The van der Waals surface area contributed by atoms with Crippen molar-refractivity contribution >= 4 is 39.7 Å². The van der Waals surface area contributed by atoms with Gasteiger partial charge in [-0.1, -0.05) is 47.1 Å². The van der Waals surface area contributed by atoms with Crippen molar-refractivity contribution in [1.82, 2.24) is 19.9 Å². The maximum atomic E-state index is 13.7. The number of rotatable bonds is 9. The number of hydrogen-bond acceptors (Lipinski definition) is 6. The van der Waals surface area contributed by atoms with Crippen molar-refractivity contribution in [1.29, 1.82) is 0 Å². The number of benzene rings is 2. The van der Waals surface area contributed by atoms with Gasteiger partial charge >= 0.3 is 0 Å². The first-order valence-corrected chi connectivity index (χ1v) is 15.2. The number of fused-ring (bicyclic) bond motifs is 1. The van der Waals surface area contributed by atoms with Gasteiger partial charge in [-0.2, -0.15) is 0 Å². The third kappa shape index (κ3) is 6.35. The normalized spacial score (nSPS) is 14.6. The Morgan fingerprint density at radius 3 is 2.63 bits per heavy atom. The fraction of sp³-hybridized carbons (Fsp3) is 0.312. The molecule has 4 heterocycles. The highest BCUT2D eigenvalue weighted by molar-refractivity contribution is 7.19. The van der Waals surface area contributed by atoms with E-state index in [2.05, 4.69) is 29.2 Å². The second-order valence-corrected chi connectivity index (χ2v) is 12.5. The smallest absolute Gasteiger partial charge is 0.268 e. The summed E-state index contributed by atoms with van der Waals surface area (Å²) in [5.74, 6) is 1.34. The van der Waals surface area contributed by atoms with E-state index in [1.807, 2.05) is 77.4 Å². The van der Waals surface area contributed by atoms with Crippen molar-refractivity contribution in [3.05, 3.63) is 94.1 Å². The molecule has 5 aromatic rings. The van der Waals surface area contributed by atoms with E-state index in [1.165, 1.54) is 11.3 Å². The summed E-state index contributed by atoms with van der Waals surface area (Å²) >= 11 is 7.56. The molecule has 212 valence electrons. The number of nitrogens with one attached hydrogen (secondary N) is 1. The lowest BCUT2D eigenvalue weighted by Crippen LogP contribution is -2.46. The van der Waals surface area contributed by atoms with Crippen LogP contribution in [0.1, 0.15) is 48.4 Å². The van der Waals surface area contributed by atoms with E-state index in [0.29, 0.717) is 35.0 Å². The van der Waals surface area contributed by atoms with Gasteiger partial charge in [0.2, 0.25) is 0 Å². The molecule has 1 N–H and O–H groups in total. The average Bonchev–Trinajstić information content (AvgIpc) is 3.72. The minimum Gasteiger partial charge on any atom is -0.489 e. The van der Waals surface area contributed by atoms with Gasteiger partial charge in [0.25, 0.3) is 5.91 Å². The van der Waals surface area contributed by atoms with E-state index in [0.717, 1.165) is 58.7 Å². The number of ether oxygens (including phenoxy) is 1. The second-order valence-electron chi connectivity index (χ2n) is 10.8. The van der Waals surface area contributed by atoms with Crippen LogP contribution in [0.15, 0.2) is 77.3 Å². The largest absolute Gasteiger partial charge is 0.489 e. The molecule has 1 fully saturated rings. The van der Waals surface area contributed by atoms with Crippen LogP contribution in [0.25, 0.3) is 21.5 Å². The van der Waals surface area contributed by atoms with Crippen LogP contribution >= 0.6 is 22.9 Å². The molecule has 41 heavy (non-hydrogen) atoms. The number of amides is 1. The van der Waals surface area contributed by atoms with Gasteiger partial charge in [0.05, 0.1) is 15.8 Å². The summed E-state index contributed by atoms with van der Waals surface area (Å²) in [4.78, 5) is 17.1. The van der Waals surface area contributed by atoms with Crippen molar-refractivity contribution in [3.8, 4) is 16.4 Å². The Labute approximate surface area is 248 Å². The molecule has 1 aliphatic heterocycles. The van der Waals surface area contributed by atoms with E-state index in [9.17, 15) is 4.79 Å². The summed E-state index contributed by atoms with van der Waals surface area (Å²) in [6, 6.07) is 24.3. The zero-order chi connectivity index (χ0) is 28.3. The first-order valence-electron chi connectivity index (χ1n) is 14.0. The molecule has 0 atom stereocenters. The van der Waals surface area contributed by atoms with E-state index in [4.69, 9.17) is 20.9 Å². The highest BCUT2D eigenvalue weighted by Gasteiger charge is 2.25. The van der Waals surface area contributed by atoms with Crippen LogP contribution in [0.3, 0.4) is 0 Å². The van der Waals surface area contributed by atoms with Gasteiger partial charge in [-0.15, -0.1) is 11.3 Å². The standard InChI is InChI=1S/C32H33ClN4O3S/c1-21(2)36-14-12-24(13-15-36)34-32(38)28-17-23-16-26(39-20-22-6-4-3-5-7-22)8-9-27(23)37(28)19-25-18-29(40-35-25)30-10-11-31(33)41-30/h3-11,16-18,21,24H,12-15,19-20H2,1-2H3,(H,34,38). The Morgan fingerprint density at radius 2 is 1.90 bits per heavy atom. The fourth-order valence-electron chi connectivity index (χ4n) is 5.37. The summed E-state index contributed by atoms with van der Waals surface area (Å²) in [5, 5.41) is 8.55. The number of halogens is 1. The van der Waals surface area contributed by atoms with Crippen LogP contribution in [0, 0.1) is 0 Å². The zero-order valence-electron chi connectivity index (χ0n) is 23.2. The topological polar surface area (TPSA) is 72.5 Å². The van der Waals surface area contributed by atoms with Crippen LogP contribution in [0.5, 0.6) is 5.75 Å². The van der Waals surface area contributed by atoms with Gasteiger partial charge in [0.1, 0.15) is 23.7 Å². The number of aromatic nitrogens is 2. The molecule has 1 saturated heterocycles. The summed E-state index contributed by atoms with van der Waals surface area (Å²) in [6.45, 7) is 7.29. The van der Waals surface area contributed by atoms with E-state index in [1.54, 1.807) is 0 Å². The number of thiophene rings is 1. The monoisotopic (exact) mass is 588 g/mol. The van der Waals surface area contributed by atoms with Crippen molar-refractivity contribution in [2.24, 2.45) is 0 Å². The number of likely N-dealkylation sites (tertiary alicyclic amines) is 1. The van der Waals surface area contributed by atoms with Crippen LogP contribution in [0.4, 0.5) is 0 Å². The molecule has 0 spiro atoms. The van der Waals surface area contributed by atoms with Gasteiger partial charge in [-0.3, -0.25) is 4.79 Å². The minimum absolute atomic E-state index is 0.0790. The first-order chi connectivity index (χ1) is 19.9. The predicted molar refractivity (Wildman–Crippen MR) is 164 cm³/mol. The Hall–Kier alpha value is -3.59. The molecule has 1 amide bonds. The molecule has 1 aliphatic rings. The van der Waals surface area contributed by atoms with Crippen molar-refractivity contribution in [2.45, 2.75) is 51.9 Å². The number of carbonyl (C=O) groups is 1. The number of piperidine rings is 1. The Morgan fingerprint density at radius 1 is 1.10 bits per heavy atom. The number of hydrogen-bond donors (Lipinski definition) is 1. The lowest BCUT2D eigenvalue weighted by molar-refractivity contribution is 0.0892. The fourth-order valence-corrected chi connectivity index (χ4v) is 6.36. The van der Waals surface area contributed by atoms with Crippen molar-refractivity contribution < 1.29 is 14.1 Å². The average molecular weight is 589 g/mol. The molecular weight excluding hydrogens is 556 g/mol. The molecule has 0 radical (unpaired) electrons. The molecule has 0 bridgehead atoms. The maximum absolute atomic E-state index is 13.7. The lowest BCUT2D eigenvalue weighted by Gasteiger charge is -2.34. The van der Waals surface area contributed by atoms with E-state index >= 15 is 0 Å². The second kappa shape index (κ2) is 12.1. The van der Waals surface area contributed by atoms with Crippen LogP contribution in [-0.2, 0) is 13.2 Å². The summed E-state index contributed by atoms with van der Waals surface area (Å²) in [7, 11) is 0. The summed E-state index contributed by atoms with van der Waals surface area (Å²) in [6.07, 6.45) is 1.88. The van der Waals surface area contributed by atoms with Gasteiger partial charge < -0.3 is 24.0 Å². The van der Waals surface area contributed by atoms with Crippen LogP contribution in [0.2, 0.25) is 4.34 Å². The van der Waals surface area contributed by atoms with Crippen molar-refractivity contribution in [3.63, 3.8) is 0 Å². The van der Waals surface area contributed by atoms with Crippen LogP contribution in [-0.4, -0.2) is 45.7 Å².